The lowest BCUT2D eigenvalue weighted by Crippen LogP contribution is -2.45. The molecule has 1 fully saturated rings. The van der Waals surface area contributed by atoms with Crippen LogP contribution < -0.4 is 10.6 Å². The van der Waals surface area contributed by atoms with Gasteiger partial charge in [0.2, 0.25) is 0 Å². The number of nitrogens with zero attached hydrogens (tertiary/aromatic N) is 3. The molecule has 0 radical (unpaired) electrons. The summed E-state index contributed by atoms with van der Waals surface area (Å²) >= 11 is 5.20. The second kappa shape index (κ2) is 6.11. The predicted molar refractivity (Wildman–Crippen MR) is 88.2 cm³/mol. The summed E-state index contributed by atoms with van der Waals surface area (Å²) in [6, 6.07) is 6.18. The molecule has 1 aliphatic heterocycles. The van der Waals surface area contributed by atoms with E-state index in [2.05, 4.69) is 42.8 Å². The van der Waals surface area contributed by atoms with Gasteiger partial charge in [-0.1, -0.05) is 6.07 Å². The Kier molecular flexibility index (Phi) is 4.24. The molecule has 20 heavy (non-hydrogen) atoms. The van der Waals surface area contributed by atoms with Gasteiger partial charge in [0, 0.05) is 54.5 Å². The number of benzene rings is 1. The van der Waals surface area contributed by atoms with Crippen LogP contribution in [0.25, 0.3) is 0 Å². The van der Waals surface area contributed by atoms with Gasteiger partial charge in [0.1, 0.15) is 0 Å². The molecular formula is C14H17BrN4S. The highest BCUT2D eigenvalue weighted by Crippen LogP contribution is 2.23. The fourth-order valence-corrected chi connectivity index (χ4v) is 3.52. The van der Waals surface area contributed by atoms with Crippen LogP contribution in [-0.2, 0) is 6.54 Å². The van der Waals surface area contributed by atoms with Gasteiger partial charge in [-0.25, -0.2) is 4.98 Å². The van der Waals surface area contributed by atoms with Crippen molar-refractivity contribution in [3.05, 3.63) is 39.8 Å². The molecule has 0 atom stereocenters. The summed E-state index contributed by atoms with van der Waals surface area (Å²) in [4.78, 5) is 9.21. The van der Waals surface area contributed by atoms with Gasteiger partial charge >= 0.3 is 0 Å². The number of nitrogen functional groups attached to an aromatic ring is 1. The normalized spacial score (nSPS) is 16.6. The van der Waals surface area contributed by atoms with Gasteiger partial charge in [-0.15, -0.1) is 11.3 Å². The summed E-state index contributed by atoms with van der Waals surface area (Å²) in [5.74, 6) is 0. The fourth-order valence-electron chi connectivity index (χ4n) is 2.40. The van der Waals surface area contributed by atoms with Crippen molar-refractivity contribution in [1.29, 1.82) is 0 Å². The Morgan fingerprint density at radius 3 is 2.70 bits per heavy atom. The highest BCUT2D eigenvalue weighted by atomic mass is 79.9. The molecule has 0 saturated carbocycles. The van der Waals surface area contributed by atoms with E-state index in [-0.39, 0.29) is 0 Å². The van der Waals surface area contributed by atoms with Crippen molar-refractivity contribution in [3.8, 4) is 0 Å². The summed E-state index contributed by atoms with van der Waals surface area (Å²) < 4.78 is 0.983. The van der Waals surface area contributed by atoms with Crippen LogP contribution in [-0.4, -0.2) is 36.1 Å². The van der Waals surface area contributed by atoms with E-state index in [1.54, 1.807) is 11.3 Å². The minimum atomic E-state index is 0.794. The average molecular weight is 353 g/mol. The van der Waals surface area contributed by atoms with Crippen molar-refractivity contribution in [3.63, 3.8) is 0 Å². The lowest BCUT2D eigenvalue weighted by Gasteiger charge is -2.34. The Labute approximate surface area is 131 Å². The first kappa shape index (κ1) is 13.9. The van der Waals surface area contributed by atoms with Gasteiger partial charge in [-0.05, 0) is 33.6 Å². The summed E-state index contributed by atoms with van der Waals surface area (Å²) in [6.45, 7) is 5.21. The Hall–Kier alpha value is -1.11. The quantitative estimate of drug-likeness (QED) is 0.862. The Bertz CT molecular complexity index is 565. The lowest BCUT2D eigenvalue weighted by molar-refractivity contribution is 0.250. The van der Waals surface area contributed by atoms with Gasteiger partial charge in [0.25, 0.3) is 0 Å². The summed E-state index contributed by atoms with van der Waals surface area (Å²) in [5, 5.41) is 3.17. The number of hydrogen-bond donors (Lipinski definition) is 1. The summed E-state index contributed by atoms with van der Waals surface area (Å²) in [6.07, 6.45) is 1.87. The molecular weight excluding hydrogens is 336 g/mol. The molecule has 0 spiro atoms. The third-order valence-corrected chi connectivity index (χ3v) is 5.05. The maximum absolute atomic E-state index is 5.82. The first-order valence-corrected chi connectivity index (χ1v) is 8.30. The molecule has 3 rings (SSSR count). The predicted octanol–water partition coefficient (Wildman–Crippen LogP) is 2.81. The van der Waals surface area contributed by atoms with E-state index in [0.717, 1.165) is 48.0 Å². The van der Waals surface area contributed by atoms with Crippen LogP contribution in [0.1, 0.15) is 5.56 Å². The maximum Gasteiger partial charge on any atom is 0.185 e. The van der Waals surface area contributed by atoms with Crippen LogP contribution in [0.4, 0.5) is 10.8 Å². The van der Waals surface area contributed by atoms with E-state index >= 15 is 0 Å². The van der Waals surface area contributed by atoms with Crippen LogP contribution in [0.3, 0.4) is 0 Å². The first-order valence-electron chi connectivity index (χ1n) is 6.63. The third-order valence-electron chi connectivity index (χ3n) is 3.53. The highest BCUT2D eigenvalue weighted by Gasteiger charge is 2.18. The molecule has 1 saturated heterocycles. The van der Waals surface area contributed by atoms with Crippen LogP contribution in [0.15, 0.2) is 34.2 Å². The van der Waals surface area contributed by atoms with E-state index in [4.69, 9.17) is 5.73 Å². The number of rotatable bonds is 3. The molecule has 0 aliphatic carbocycles. The van der Waals surface area contributed by atoms with Gasteiger partial charge < -0.3 is 10.6 Å². The van der Waals surface area contributed by atoms with Crippen LogP contribution >= 0.6 is 27.3 Å². The second-order valence-corrected chi connectivity index (χ2v) is 6.66. The minimum Gasteiger partial charge on any atom is -0.398 e. The van der Waals surface area contributed by atoms with Gasteiger partial charge in [-0.2, -0.15) is 0 Å². The SMILES string of the molecule is Nc1ccc(CN2CCN(c3nccs3)CC2)cc1Br. The van der Waals surface area contributed by atoms with E-state index < -0.39 is 0 Å². The molecule has 1 aromatic carbocycles. The Balaban J connectivity index is 1.57. The lowest BCUT2D eigenvalue weighted by atomic mass is 10.2. The fraction of sp³-hybridized carbons (Fsp3) is 0.357. The third kappa shape index (κ3) is 3.13. The van der Waals surface area contributed by atoms with Crippen LogP contribution in [0, 0.1) is 0 Å². The van der Waals surface area contributed by atoms with Gasteiger partial charge in [-0.3, -0.25) is 4.90 Å². The standard InChI is InChI=1S/C14H17BrN4S/c15-12-9-11(1-2-13(12)16)10-18-4-6-19(7-5-18)14-17-3-8-20-14/h1-3,8-9H,4-7,10,16H2. The topological polar surface area (TPSA) is 45.4 Å². The second-order valence-electron chi connectivity index (χ2n) is 4.93. The largest absolute Gasteiger partial charge is 0.398 e. The van der Waals surface area contributed by atoms with E-state index in [1.165, 1.54) is 5.56 Å². The first-order chi connectivity index (χ1) is 9.72. The highest BCUT2D eigenvalue weighted by molar-refractivity contribution is 9.10. The molecule has 4 nitrogen and oxygen atoms in total. The molecule has 6 heteroatoms. The smallest absolute Gasteiger partial charge is 0.185 e. The average Bonchev–Trinajstić information content (AvgIpc) is 2.98. The molecule has 2 N–H and O–H groups in total. The number of nitrogens with two attached hydrogens (primary N) is 1. The number of piperazine rings is 1. The van der Waals surface area contributed by atoms with E-state index in [1.807, 2.05) is 17.6 Å². The van der Waals surface area contributed by atoms with E-state index in [0.29, 0.717) is 0 Å². The number of aromatic nitrogens is 1. The summed E-state index contributed by atoms with van der Waals surface area (Å²) in [5.41, 5.74) is 7.91. The van der Waals surface area contributed by atoms with Crippen molar-refractivity contribution in [2.75, 3.05) is 36.8 Å². The number of hydrogen-bond acceptors (Lipinski definition) is 5. The molecule has 2 aromatic rings. The zero-order valence-electron chi connectivity index (χ0n) is 11.1. The zero-order valence-corrected chi connectivity index (χ0v) is 13.5. The molecule has 0 unspecified atom stereocenters. The van der Waals surface area contributed by atoms with Crippen molar-refractivity contribution in [1.82, 2.24) is 9.88 Å². The molecule has 1 aliphatic rings. The Morgan fingerprint density at radius 1 is 1.25 bits per heavy atom. The van der Waals surface area contributed by atoms with Crippen molar-refractivity contribution >= 4 is 38.1 Å². The van der Waals surface area contributed by atoms with E-state index in [9.17, 15) is 0 Å². The van der Waals surface area contributed by atoms with Gasteiger partial charge in [0.05, 0.1) is 0 Å². The van der Waals surface area contributed by atoms with Gasteiger partial charge in [0.15, 0.2) is 5.13 Å². The molecule has 0 bridgehead atoms. The minimum absolute atomic E-state index is 0.794. The van der Waals surface area contributed by atoms with Crippen molar-refractivity contribution < 1.29 is 0 Å². The number of thiazole rings is 1. The molecule has 1 aromatic heterocycles. The maximum atomic E-state index is 5.82. The molecule has 106 valence electrons. The monoisotopic (exact) mass is 352 g/mol. The van der Waals surface area contributed by atoms with Crippen LogP contribution in [0.5, 0.6) is 0 Å². The molecule has 2 heterocycles. The number of anilines is 2. The Morgan fingerprint density at radius 2 is 2.05 bits per heavy atom. The zero-order chi connectivity index (χ0) is 13.9. The van der Waals surface area contributed by atoms with Crippen LogP contribution in [0.2, 0.25) is 0 Å². The van der Waals surface area contributed by atoms with Crippen molar-refractivity contribution in [2.45, 2.75) is 6.54 Å². The van der Waals surface area contributed by atoms with Crippen molar-refractivity contribution in [2.24, 2.45) is 0 Å². The number of halogens is 1. The summed E-state index contributed by atoms with van der Waals surface area (Å²) in [7, 11) is 0. The molecule has 0 amide bonds.